The number of hydrogen-bond donors (Lipinski definition) is 1. The summed E-state index contributed by atoms with van der Waals surface area (Å²) in [6.07, 6.45) is 0. The molecule has 1 heterocycles. The van der Waals surface area contributed by atoms with E-state index in [1.165, 1.54) is 36.4 Å². The van der Waals surface area contributed by atoms with E-state index >= 15 is 0 Å². The van der Waals surface area contributed by atoms with Gasteiger partial charge in [0.05, 0.1) is 10.5 Å². The number of rotatable bonds is 3. The summed E-state index contributed by atoms with van der Waals surface area (Å²) in [5.41, 5.74) is 0.226. The molecule has 2 N–H and O–H groups in total. The van der Waals surface area contributed by atoms with Gasteiger partial charge >= 0.3 is 0 Å². The van der Waals surface area contributed by atoms with Gasteiger partial charge in [-0.2, -0.15) is 0 Å². The van der Waals surface area contributed by atoms with Crippen molar-refractivity contribution in [3.8, 4) is 0 Å². The van der Waals surface area contributed by atoms with Crippen molar-refractivity contribution in [3.05, 3.63) is 65.5 Å². The Labute approximate surface area is 149 Å². The van der Waals surface area contributed by atoms with Crippen molar-refractivity contribution in [3.63, 3.8) is 0 Å². The Morgan fingerprint density at radius 1 is 0.962 bits per heavy atom. The maximum absolute atomic E-state index is 13.2. The van der Waals surface area contributed by atoms with Gasteiger partial charge in [0.2, 0.25) is 10.0 Å². The third-order valence-corrected chi connectivity index (χ3v) is 6.70. The number of carbonyl (C=O) groups excluding carboxylic acids is 1. The van der Waals surface area contributed by atoms with Crippen molar-refractivity contribution in [1.29, 1.82) is 0 Å². The average molecular weight is 396 g/mol. The van der Waals surface area contributed by atoms with Gasteiger partial charge in [0.1, 0.15) is 10.7 Å². The van der Waals surface area contributed by atoms with Crippen LogP contribution in [-0.4, -0.2) is 34.1 Å². The molecule has 2 aromatic carbocycles. The summed E-state index contributed by atoms with van der Waals surface area (Å²) in [5, 5.41) is 5.04. The average Bonchev–Trinajstić information content (AvgIpc) is 2.75. The summed E-state index contributed by atoms with van der Waals surface area (Å²) in [7, 11) is -6.93. The van der Waals surface area contributed by atoms with Gasteiger partial charge in [-0.05, 0) is 35.4 Å². The first-order valence-corrected chi connectivity index (χ1v) is 10.2. The van der Waals surface area contributed by atoms with E-state index in [0.717, 1.165) is 19.2 Å². The van der Waals surface area contributed by atoms with E-state index in [1.54, 1.807) is 0 Å². The van der Waals surface area contributed by atoms with Gasteiger partial charge in [-0.25, -0.2) is 30.7 Å². The fourth-order valence-corrected chi connectivity index (χ4v) is 4.59. The molecule has 7 nitrogen and oxygen atoms in total. The van der Waals surface area contributed by atoms with Crippen molar-refractivity contribution in [1.82, 2.24) is 4.31 Å². The van der Waals surface area contributed by atoms with E-state index in [1.807, 2.05) is 0 Å². The lowest BCUT2D eigenvalue weighted by Crippen LogP contribution is -2.26. The van der Waals surface area contributed by atoms with Crippen molar-refractivity contribution in [2.24, 2.45) is 5.14 Å². The number of likely N-dealkylation sites (N-methyl/N-ethyl adjacent to an activating group) is 1. The second kappa shape index (κ2) is 6.01. The summed E-state index contributed by atoms with van der Waals surface area (Å²) in [4.78, 5) is 12.1. The van der Waals surface area contributed by atoms with E-state index in [9.17, 15) is 26.0 Å². The summed E-state index contributed by atoms with van der Waals surface area (Å²) in [6, 6.07) is 9.64. The Hall–Kier alpha value is -2.56. The predicted octanol–water partition coefficient (Wildman–Crippen LogP) is 1.14. The van der Waals surface area contributed by atoms with Crippen LogP contribution in [0.5, 0.6) is 0 Å². The van der Waals surface area contributed by atoms with Crippen LogP contribution in [-0.2, 0) is 24.8 Å². The Balaban J connectivity index is 2.27. The zero-order chi connectivity index (χ0) is 19.3. The van der Waals surface area contributed by atoms with Crippen LogP contribution in [0.4, 0.5) is 4.39 Å². The number of sulfonamides is 2. The van der Waals surface area contributed by atoms with Crippen LogP contribution in [0.15, 0.2) is 53.4 Å². The van der Waals surface area contributed by atoms with Gasteiger partial charge in [0.15, 0.2) is 0 Å². The summed E-state index contributed by atoms with van der Waals surface area (Å²) in [5.74, 6) is -1.32. The predicted molar refractivity (Wildman–Crippen MR) is 92.7 cm³/mol. The molecular formula is C16H13FN2O5S2. The molecule has 3 rings (SSSR count). The van der Waals surface area contributed by atoms with Crippen LogP contribution >= 0.6 is 0 Å². The second-order valence-corrected chi connectivity index (χ2v) is 9.03. The van der Waals surface area contributed by atoms with E-state index in [2.05, 4.69) is 0 Å². The topological polar surface area (TPSA) is 115 Å². The van der Waals surface area contributed by atoms with Crippen LogP contribution in [0.3, 0.4) is 0 Å². The van der Waals surface area contributed by atoms with Crippen LogP contribution in [0.25, 0.3) is 10.5 Å². The molecule has 136 valence electrons. The molecule has 10 heteroatoms. The molecule has 0 aliphatic carbocycles. The molecule has 0 saturated carbocycles. The molecule has 0 saturated heterocycles. The van der Waals surface area contributed by atoms with Gasteiger partial charge in [-0.3, -0.25) is 4.79 Å². The SMILES string of the molecule is CN1C(=O)C(c2ccc(S(N)(=O)=O)cc2)=C(c2ccc(F)cc2)S1(=O)=O. The number of carbonyl (C=O) groups is 1. The normalized spacial score (nSPS) is 17.0. The summed E-state index contributed by atoms with van der Waals surface area (Å²) < 4.78 is 61.8. The molecule has 0 atom stereocenters. The lowest BCUT2D eigenvalue weighted by molar-refractivity contribution is -0.119. The molecule has 0 unspecified atom stereocenters. The van der Waals surface area contributed by atoms with Gasteiger partial charge in [0.25, 0.3) is 15.9 Å². The number of hydrogen-bond acceptors (Lipinski definition) is 5. The van der Waals surface area contributed by atoms with E-state index in [-0.39, 0.29) is 26.5 Å². The number of amides is 1. The minimum atomic E-state index is -4.12. The number of halogens is 1. The van der Waals surface area contributed by atoms with Gasteiger partial charge in [0, 0.05) is 7.05 Å². The summed E-state index contributed by atoms with van der Waals surface area (Å²) >= 11 is 0. The number of primary sulfonamides is 1. The molecule has 0 spiro atoms. The number of nitrogens with zero attached hydrogens (tertiary/aromatic N) is 1. The first-order valence-electron chi connectivity index (χ1n) is 7.20. The zero-order valence-corrected chi connectivity index (χ0v) is 15.0. The van der Waals surface area contributed by atoms with Crippen molar-refractivity contribution < 1.29 is 26.0 Å². The second-order valence-electron chi connectivity index (χ2n) is 5.56. The Bertz CT molecular complexity index is 1140. The minimum Gasteiger partial charge on any atom is -0.268 e. The highest BCUT2D eigenvalue weighted by atomic mass is 32.2. The molecule has 0 bridgehead atoms. The first kappa shape index (κ1) is 18.2. The van der Waals surface area contributed by atoms with Crippen LogP contribution < -0.4 is 5.14 Å². The highest BCUT2D eigenvalue weighted by molar-refractivity contribution is 8.00. The number of benzene rings is 2. The maximum atomic E-state index is 13.2. The van der Waals surface area contributed by atoms with Gasteiger partial charge < -0.3 is 0 Å². The third kappa shape index (κ3) is 2.91. The molecule has 0 radical (unpaired) electrons. The standard InChI is InChI=1S/C16H13FN2O5S2/c1-19-16(20)14(10-4-8-13(9-5-10)25(18,21)22)15(26(19,23)24)11-2-6-12(17)7-3-11/h2-9H,1H3,(H2,18,21,22). The van der Waals surface area contributed by atoms with Crippen molar-refractivity contribution in [2.45, 2.75) is 4.90 Å². The summed E-state index contributed by atoms with van der Waals surface area (Å²) in [6.45, 7) is 0. The molecular weight excluding hydrogens is 383 g/mol. The minimum absolute atomic E-state index is 0.125. The smallest absolute Gasteiger partial charge is 0.268 e. The van der Waals surface area contributed by atoms with Gasteiger partial charge in [-0.1, -0.05) is 24.3 Å². The van der Waals surface area contributed by atoms with Crippen molar-refractivity contribution >= 4 is 36.4 Å². The zero-order valence-electron chi connectivity index (χ0n) is 13.4. The fourth-order valence-electron chi connectivity index (χ4n) is 2.59. The third-order valence-electron chi connectivity index (χ3n) is 3.92. The first-order chi connectivity index (χ1) is 12.0. The molecule has 0 fully saturated rings. The largest absolute Gasteiger partial charge is 0.269 e. The van der Waals surface area contributed by atoms with Crippen molar-refractivity contribution in [2.75, 3.05) is 7.05 Å². The fraction of sp³-hybridized carbons (Fsp3) is 0.0625. The highest BCUT2D eigenvalue weighted by Crippen LogP contribution is 2.39. The Morgan fingerprint density at radius 2 is 1.46 bits per heavy atom. The van der Waals surface area contributed by atoms with Gasteiger partial charge in [-0.15, -0.1) is 0 Å². The monoisotopic (exact) mass is 396 g/mol. The molecule has 26 heavy (non-hydrogen) atoms. The van der Waals surface area contributed by atoms with E-state index < -0.39 is 31.8 Å². The van der Waals surface area contributed by atoms with E-state index in [4.69, 9.17) is 5.14 Å². The highest BCUT2D eigenvalue weighted by Gasteiger charge is 2.42. The van der Waals surface area contributed by atoms with E-state index in [0.29, 0.717) is 4.31 Å². The Morgan fingerprint density at radius 3 is 1.96 bits per heavy atom. The molecule has 0 aromatic heterocycles. The van der Waals surface area contributed by atoms with Crippen LogP contribution in [0, 0.1) is 5.82 Å². The number of nitrogens with two attached hydrogens (primary N) is 1. The van der Waals surface area contributed by atoms with Crippen LogP contribution in [0.2, 0.25) is 0 Å². The molecule has 1 amide bonds. The lowest BCUT2D eigenvalue weighted by Gasteiger charge is -2.09. The molecule has 1 aliphatic rings. The lowest BCUT2D eigenvalue weighted by atomic mass is 10.0. The quantitative estimate of drug-likeness (QED) is 0.836. The molecule has 1 aliphatic heterocycles. The van der Waals surface area contributed by atoms with Crippen LogP contribution in [0.1, 0.15) is 11.1 Å². The Kier molecular flexibility index (Phi) is 4.21. The maximum Gasteiger partial charge on any atom is 0.269 e. The molecule has 2 aromatic rings.